The molecule has 0 aliphatic heterocycles. The van der Waals surface area contributed by atoms with Gasteiger partial charge in [0.2, 0.25) is 5.91 Å². The molecule has 1 heterocycles. The molecule has 0 saturated heterocycles. The van der Waals surface area contributed by atoms with E-state index < -0.39 is 6.61 Å². The number of para-hydroxylation sites is 1. The zero-order chi connectivity index (χ0) is 23.8. The monoisotopic (exact) mass is 451 g/mol. The predicted octanol–water partition coefficient (Wildman–Crippen LogP) is 5.00. The number of unbranched alkanes of at least 4 members (excludes halogenated alkanes) is 1. The van der Waals surface area contributed by atoms with E-state index >= 15 is 0 Å². The third kappa shape index (κ3) is 6.02. The first-order valence-electron chi connectivity index (χ1n) is 11.6. The quantitative estimate of drug-likeness (QED) is 0.309. The van der Waals surface area contributed by atoms with Crippen molar-refractivity contribution in [1.29, 1.82) is 0 Å². The van der Waals surface area contributed by atoms with Crippen LogP contribution in [-0.2, 0) is 11.2 Å². The van der Waals surface area contributed by atoms with Crippen LogP contribution < -0.4 is 4.74 Å². The van der Waals surface area contributed by atoms with Crippen molar-refractivity contribution < 1.29 is 23.8 Å². The molecule has 0 unspecified atom stereocenters. The summed E-state index contributed by atoms with van der Waals surface area (Å²) in [5, 5.41) is 9.94. The average molecular weight is 452 g/mol. The molecule has 3 rings (SSSR count). The molecule has 2 aromatic carbocycles. The Morgan fingerprint density at radius 2 is 1.79 bits per heavy atom. The molecule has 3 aromatic rings. The molecule has 1 amide bonds. The van der Waals surface area contributed by atoms with Gasteiger partial charge in [-0.2, -0.15) is 0 Å². The van der Waals surface area contributed by atoms with Gasteiger partial charge in [-0.25, -0.2) is 0 Å². The lowest BCUT2D eigenvalue weighted by molar-refractivity contribution is -0.136. The van der Waals surface area contributed by atoms with Crippen molar-refractivity contribution >= 4 is 22.7 Å². The molecule has 0 aliphatic rings. The molecular formula is C27H33NO5. The number of carbonyl (C=O) groups excluding carboxylic acids is 2. The molecule has 176 valence electrons. The lowest BCUT2D eigenvalue weighted by Gasteiger charge is -2.26. The van der Waals surface area contributed by atoms with E-state index in [-0.39, 0.29) is 17.7 Å². The average Bonchev–Trinajstić information content (AvgIpc) is 3.20. The Labute approximate surface area is 195 Å². The van der Waals surface area contributed by atoms with Crippen molar-refractivity contribution in [3.8, 4) is 5.75 Å². The molecular weight excluding hydrogens is 418 g/mol. The van der Waals surface area contributed by atoms with E-state index in [1.807, 2.05) is 38.1 Å². The van der Waals surface area contributed by atoms with Crippen LogP contribution in [-0.4, -0.2) is 47.5 Å². The van der Waals surface area contributed by atoms with Crippen LogP contribution in [0.1, 0.15) is 61.7 Å². The Bertz CT molecular complexity index is 1070. The first-order chi connectivity index (χ1) is 16.0. The van der Waals surface area contributed by atoms with Gasteiger partial charge in [0.05, 0.1) is 12.2 Å². The number of carbonyl (C=O) groups is 2. The van der Waals surface area contributed by atoms with Gasteiger partial charge in [-0.1, -0.05) is 31.5 Å². The molecule has 6 heteroatoms. The van der Waals surface area contributed by atoms with Crippen LogP contribution in [0.25, 0.3) is 11.0 Å². The van der Waals surface area contributed by atoms with Gasteiger partial charge in [0.15, 0.2) is 5.78 Å². The lowest BCUT2D eigenvalue weighted by Crippen LogP contribution is -2.39. The highest BCUT2D eigenvalue weighted by Crippen LogP contribution is 2.29. The Balaban J connectivity index is 1.66. The highest BCUT2D eigenvalue weighted by molar-refractivity contribution is 6.16. The van der Waals surface area contributed by atoms with E-state index in [2.05, 4.69) is 6.92 Å². The van der Waals surface area contributed by atoms with Crippen molar-refractivity contribution in [2.24, 2.45) is 0 Å². The van der Waals surface area contributed by atoms with Gasteiger partial charge in [-0.05, 0) is 57.0 Å². The van der Waals surface area contributed by atoms with Gasteiger partial charge in [-0.15, -0.1) is 0 Å². The number of aliphatic hydroxyl groups is 1. The van der Waals surface area contributed by atoms with Crippen LogP contribution in [0.2, 0.25) is 0 Å². The van der Waals surface area contributed by atoms with Gasteiger partial charge < -0.3 is 19.2 Å². The van der Waals surface area contributed by atoms with Crippen LogP contribution >= 0.6 is 0 Å². The number of hydrogen-bond acceptors (Lipinski definition) is 5. The van der Waals surface area contributed by atoms with E-state index in [1.165, 1.54) is 0 Å². The maximum atomic E-state index is 13.3. The Hall–Kier alpha value is -3.12. The number of amides is 1. The summed E-state index contributed by atoms with van der Waals surface area (Å²) in [6.07, 6.45) is 3.37. The Morgan fingerprint density at radius 3 is 2.45 bits per heavy atom. The predicted molar refractivity (Wildman–Crippen MR) is 129 cm³/mol. The summed E-state index contributed by atoms with van der Waals surface area (Å²) in [6.45, 7) is 6.42. The second-order valence-electron chi connectivity index (χ2n) is 8.39. The normalized spacial score (nSPS) is 11.2. The van der Waals surface area contributed by atoms with Crippen LogP contribution in [0.15, 0.2) is 52.9 Å². The summed E-state index contributed by atoms with van der Waals surface area (Å²) in [5.41, 5.74) is 1.98. The second kappa shape index (κ2) is 11.7. The summed E-state index contributed by atoms with van der Waals surface area (Å²) in [6, 6.07) is 14.8. The molecule has 0 radical (unpaired) electrons. The van der Waals surface area contributed by atoms with E-state index in [4.69, 9.17) is 14.3 Å². The molecule has 0 aliphatic carbocycles. The van der Waals surface area contributed by atoms with Crippen molar-refractivity contribution in [2.45, 2.75) is 52.5 Å². The second-order valence-corrected chi connectivity index (χ2v) is 8.39. The SMILES string of the molecule is CCCCc1oc2ccccc2c1C(=O)c1ccc(OCCCN(C(=O)CO)C(C)C)cc1. The lowest BCUT2D eigenvalue weighted by atomic mass is 9.98. The maximum Gasteiger partial charge on any atom is 0.248 e. The summed E-state index contributed by atoms with van der Waals surface area (Å²) >= 11 is 0. The molecule has 0 atom stereocenters. The smallest absolute Gasteiger partial charge is 0.248 e. The summed E-state index contributed by atoms with van der Waals surface area (Å²) in [5.74, 6) is 1.08. The number of ketones is 1. The molecule has 33 heavy (non-hydrogen) atoms. The van der Waals surface area contributed by atoms with Gasteiger partial charge in [0, 0.05) is 30.0 Å². The molecule has 1 aromatic heterocycles. The van der Waals surface area contributed by atoms with Gasteiger partial charge >= 0.3 is 0 Å². The number of ether oxygens (including phenoxy) is 1. The Morgan fingerprint density at radius 1 is 1.06 bits per heavy atom. The first kappa shape index (κ1) is 24.5. The molecule has 0 spiro atoms. The number of fused-ring (bicyclic) bond motifs is 1. The summed E-state index contributed by atoms with van der Waals surface area (Å²) in [4.78, 5) is 26.8. The number of hydrogen-bond donors (Lipinski definition) is 1. The van der Waals surface area contributed by atoms with Crippen molar-refractivity contribution in [3.63, 3.8) is 0 Å². The molecule has 0 bridgehead atoms. The Kier molecular flexibility index (Phi) is 8.66. The van der Waals surface area contributed by atoms with Crippen molar-refractivity contribution in [1.82, 2.24) is 4.90 Å². The fourth-order valence-electron chi connectivity index (χ4n) is 3.89. The van der Waals surface area contributed by atoms with Gasteiger partial charge in [-0.3, -0.25) is 9.59 Å². The van der Waals surface area contributed by atoms with E-state index in [1.54, 1.807) is 29.2 Å². The highest BCUT2D eigenvalue weighted by atomic mass is 16.5. The zero-order valence-corrected chi connectivity index (χ0v) is 19.7. The van der Waals surface area contributed by atoms with Crippen molar-refractivity contribution in [2.75, 3.05) is 19.8 Å². The number of rotatable bonds is 12. The standard InChI is InChI=1S/C27H33NO5/c1-4-5-10-24-26(22-9-6-7-11-23(22)33-24)27(31)20-12-14-21(15-13-20)32-17-8-16-28(19(2)3)25(30)18-29/h6-7,9,11-15,19,29H,4-5,8,10,16-18H2,1-3H3. The van der Waals surface area contributed by atoms with Crippen LogP contribution in [0.4, 0.5) is 0 Å². The first-order valence-corrected chi connectivity index (χ1v) is 11.6. The van der Waals surface area contributed by atoms with Crippen LogP contribution in [0, 0.1) is 0 Å². The zero-order valence-electron chi connectivity index (χ0n) is 19.7. The molecule has 6 nitrogen and oxygen atoms in total. The van der Waals surface area contributed by atoms with E-state index in [0.717, 1.165) is 36.0 Å². The number of benzene rings is 2. The number of furan rings is 1. The van der Waals surface area contributed by atoms with Gasteiger partial charge in [0.1, 0.15) is 23.7 Å². The molecule has 0 saturated carbocycles. The topological polar surface area (TPSA) is 80.0 Å². The highest BCUT2D eigenvalue weighted by Gasteiger charge is 2.21. The largest absolute Gasteiger partial charge is 0.494 e. The fourth-order valence-corrected chi connectivity index (χ4v) is 3.89. The van der Waals surface area contributed by atoms with Crippen molar-refractivity contribution in [3.05, 3.63) is 65.4 Å². The molecule has 1 N–H and O–H groups in total. The van der Waals surface area contributed by atoms with E-state index in [9.17, 15) is 9.59 Å². The maximum absolute atomic E-state index is 13.3. The third-order valence-corrected chi connectivity index (χ3v) is 5.66. The minimum absolute atomic E-state index is 0.0242. The molecule has 0 fully saturated rings. The number of aryl methyl sites for hydroxylation is 1. The van der Waals surface area contributed by atoms with Gasteiger partial charge in [0.25, 0.3) is 0 Å². The summed E-state index contributed by atoms with van der Waals surface area (Å²) in [7, 11) is 0. The summed E-state index contributed by atoms with van der Waals surface area (Å²) < 4.78 is 11.8. The van der Waals surface area contributed by atoms with Crippen LogP contribution in [0.3, 0.4) is 0 Å². The van der Waals surface area contributed by atoms with Crippen LogP contribution in [0.5, 0.6) is 5.75 Å². The minimum atomic E-state index is -0.485. The fraction of sp³-hybridized carbons (Fsp3) is 0.407. The number of aliphatic hydroxyl groups excluding tert-OH is 1. The minimum Gasteiger partial charge on any atom is -0.494 e. The third-order valence-electron chi connectivity index (χ3n) is 5.66. The van der Waals surface area contributed by atoms with E-state index in [0.29, 0.717) is 36.4 Å². The number of nitrogens with zero attached hydrogens (tertiary/aromatic N) is 1.